The third-order valence-corrected chi connectivity index (χ3v) is 2.31. The molecule has 0 aromatic heterocycles. The molecule has 0 aromatic rings. The number of ether oxygens (including phenoxy) is 1. The molecule has 0 spiro atoms. The lowest BCUT2D eigenvalue weighted by molar-refractivity contribution is -0.128. The lowest BCUT2D eigenvalue weighted by Crippen LogP contribution is -2.21. The number of ketones is 1. The second-order valence-electron chi connectivity index (χ2n) is 3.39. The van der Waals surface area contributed by atoms with E-state index in [-0.39, 0.29) is 11.9 Å². The van der Waals surface area contributed by atoms with Crippen LogP contribution in [-0.4, -0.2) is 19.0 Å². The van der Waals surface area contributed by atoms with E-state index in [1.807, 2.05) is 6.92 Å². The fraction of sp³-hybridized carbons (Fsp3) is 0.909. The lowest BCUT2D eigenvalue weighted by Gasteiger charge is -2.12. The van der Waals surface area contributed by atoms with Crippen LogP contribution in [0.5, 0.6) is 0 Å². The molecule has 0 fully saturated rings. The van der Waals surface area contributed by atoms with Crippen molar-refractivity contribution in [3.63, 3.8) is 0 Å². The summed E-state index contributed by atoms with van der Waals surface area (Å²) < 4.78 is 5.13. The second kappa shape index (κ2) is 8.24. The van der Waals surface area contributed by atoms with Crippen molar-refractivity contribution in [3.05, 3.63) is 0 Å². The number of hydrogen-bond acceptors (Lipinski definition) is 2. The first-order chi connectivity index (χ1) is 6.26. The van der Waals surface area contributed by atoms with E-state index in [0.717, 1.165) is 12.8 Å². The van der Waals surface area contributed by atoms with Gasteiger partial charge in [0.15, 0.2) is 5.78 Å². The van der Waals surface area contributed by atoms with E-state index in [4.69, 9.17) is 4.74 Å². The van der Waals surface area contributed by atoms with Crippen molar-refractivity contribution >= 4 is 5.78 Å². The number of Topliss-reactive ketones (excluding diaryl/α,β-unsaturated/α-hetero) is 1. The van der Waals surface area contributed by atoms with Crippen LogP contribution in [0.1, 0.15) is 52.4 Å². The van der Waals surface area contributed by atoms with Gasteiger partial charge in [0.25, 0.3) is 0 Å². The smallest absolute Gasteiger partial charge is 0.161 e. The molecule has 78 valence electrons. The van der Waals surface area contributed by atoms with E-state index < -0.39 is 0 Å². The van der Waals surface area contributed by atoms with Gasteiger partial charge in [-0.1, -0.05) is 39.5 Å². The SMILES string of the molecule is CCCCCCC(OC)C(=O)CC. The minimum Gasteiger partial charge on any atom is -0.374 e. The Balaban J connectivity index is 3.53. The normalized spacial score (nSPS) is 12.8. The maximum Gasteiger partial charge on any atom is 0.161 e. The number of unbranched alkanes of at least 4 members (excludes halogenated alkanes) is 3. The number of rotatable bonds is 8. The molecule has 0 saturated heterocycles. The molecule has 13 heavy (non-hydrogen) atoms. The molecule has 2 nitrogen and oxygen atoms in total. The molecule has 0 rings (SSSR count). The minimum absolute atomic E-state index is 0.151. The summed E-state index contributed by atoms with van der Waals surface area (Å²) >= 11 is 0. The standard InChI is InChI=1S/C11H22O2/c1-4-6-7-8-9-11(13-3)10(12)5-2/h11H,4-9H2,1-3H3. The molecule has 2 heteroatoms. The van der Waals surface area contributed by atoms with E-state index in [9.17, 15) is 4.79 Å². The van der Waals surface area contributed by atoms with Crippen LogP contribution in [0.25, 0.3) is 0 Å². The van der Waals surface area contributed by atoms with Gasteiger partial charge < -0.3 is 4.74 Å². The molecule has 0 amide bonds. The minimum atomic E-state index is -0.151. The molecule has 0 aliphatic rings. The molecule has 1 unspecified atom stereocenters. The number of methoxy groups -OCH3 is 1. The van der Waals surface area contributed by atoms with Crippen molar-refractivity contribution < 1.29 is 9.53 Å². The Hall–Kier alpha value is -0.370. The fourth-order valence-electron chi connectivity index (χ4n) is 1.39. The summed E-state index contributed by atoms with van der Waals surface area (Å²) in [5.74, 6) is 0.235. The van der Waals surface area contributed by atoms with Crippen molar-refractivity contribution in [2.45, 2.75) is 58.5 Å². The molecule has 0 aliphatic heterocycles. The predicted octanol–water partition coefficient (Wildman–Crippen LogP) is 2.95. The van der Waals surface area contributed by atoms with Gasteiger partial charge in [-0.25, -0.2) is 0 Å². The largest absolute Gasteiger partial charge is 0.374 e. The van der Waals surface area contributed by atoms with Crippen molar-refractivity contribution in [1.82, 2.24) is 0 Å². The summed E-state index contributed by atoms with van der Waals surface area (Å²) in [5.41, 5.74) is 0. The van der Waals surface area contributed by atoms with Gasteiger partial charge in [0.1, 0.15) is 6.10 Å². The zero-order valence-corrected chi connectivity index (χ0v) is 9.14. The fourth-order valence-corrected chi connectivity index (χ4v) is 1.39. The van der Waals surface area contributed by atoms with Gasteiger partial charge in [0, 0.05) is 13.5 Å². The van der Waals surface area contributed by atoms with Crippen LogP contribution >= 0.6 is 0 Å². The van der Waals surface area contributed by atoms with Crippen LogP contribution < -0.4 is 0 Å². The average Bonchev–Trinajstić information content (AvgIpc) is 2.17. The van der Waals surface area contributed by atoms with Gasteiger partial charge in [0.05, 0.1) is 0 Å². The molecule has 0 bridgehead atoms. The zero-order chi connectivity index (χ0) is 10.1. The highest BCUT2D eigenvalue weighted by molar-refractivity contribution is 5.82. The Morgan fingerprint density at radius 3 is 2.38 bits per heavy atom. The molecule has 0 aromatic carbocycles. The van der Waals surface area contributed by atoms with Crippen molar-refractivity contribution in [2.75, 3.05) is 7.11 Å². The van der Waals surface area contributed by atoms with Gasteiger partial charge >= 0.3 is 0 Å². The van der Waals surface area contributed by atoms with E-state index >= 15 is 0 Å². The number of carbonyl (C=O) groups is 1. The Kier molecular flexibility index (Phi) is 8.00. The molecule has 1 atom stereocenters. The van der Waals surface area contributed by atoms with E-state index in [0.29, 0.717) is 6.42 Å². The van der Waals surface area contributed by atoms with Gasteiger partial charge in [-0.15, -0.1) is 0 Å². The van der Waals surface area contributed by atoms with Crippen molar-refractivity contribution in [3.8, 4) is 0 Å². The van der Waals surface area contributed by atoms with Gasteiger partial charge in [0.2, 0.25) is 0 Å². The van der Waals surface area contributed by atoms with E-state index in [1.54, 1.807) is 7.11 Å². The summed E-state index contributed by atoms with van der Waals surface area (Å²) in [6.07, 6.45) is 6.15. The summed E-state index contributed by atoms with van der Waals surface area (Å²) in [5, 5.41) is 0. The summed E-state index contributed by atoms with van der Waals surface area (Å²) in [6, 6.07) is 0. The third-order valence-electron chi connectivity index (χ3n) is 2.31. The van der Waals surface area contributed by atoms with Gasteiger partial charge in [-0.05, 0) is 6.42 Å². The van der Waals surface area contributed by atoms with Crippen molar-refractivity contribution in [2.24, 2.45) is 0 Å². The zero-order valence-electron chi connectivity index (χ0n) is 9.14. The Morgan fingerprint density at radius 2 is 1.92 bits per heavy atom. The highest BCUT2D eigenvalue weighted by Crippen LogP contribution is 2.09. The maximum atomic E-state index is 11.3. The molecule has 0 radical (unpaired) electrons. The summed E-state index contributed by atoms with van der Waals surface area (Å²) in [4.78, 5) is 11.3. The van der Waals surface area contributed by atoms with Crippen LogP contribution in [0.2, 0.25) is 0 Å². The quantitative estimate of drug-likeness (QED) is 0.545. The Bertz CT molecular complexity index is 132. The Morgan fingerprint density at radius 1 is 1.23 bits per heavy atom. The molecule has 0 saturated carbocycles. The molecular formula is C11H22O2. The monoisotopic (exact) mass is 186 g/mol. The summed E-state index contributed by atoms with van der Waals surface area (Å²) in [6.45, 7) is 4.07. The number of hydrogen-bond donors (Lipinski definition) is 0. The highest BCUT2D eigenvalue weighted by atomic mass is 16.5. The Labute approximate surface area is 81.7 Å². The van der Waals surface area contributed by atoms with Crippen LogP contribution in [0, 0.1) is 0 Å². The topological polar surface area (TPSA) is 26.3 Å². The molecule has 0 heterocycles. The van der Waals surface area contributed by atoms with Crippen LogP contribution in [0.3, 0.4) is 0 Å². The second-order valence-corrected chi connectivity index (χ2v) is 3.39. The number of carbonyl (C=O) groups excluding carboxylic acids is 1. The molecule has 0 aliphatic carbocycles. The first-order valence-electron chi connectivity index (χ1n) is 5.31. The van der Waals surface area contributed by atoms with Crippen molar-refractivity contribution in [1.29, 1.82) is 0 Å². The van der Waals surface area contributed by atoms with Crippen LogP contribution in [0.4, 0.5) is 0 Å². The highest BCUT2D eigenvalue weighted by Gasteiger charge is 2.14. The van der Waals surface area contributed by atoms with Crippen LogP contribution in [0.15, 0.2) is 0 Å². The maximum absolute atomic E-state index is 11.3. The van der Waals surface area contributed by atoms with E-state index in [2.05, 4.69) is 6.92 Å². The first-order valence-corrected chi connectivity index (χ1v) is 5.31. The third kappa shape index (κ3) is 5.81. The predicted molar refractivity (Wildman–Crippen MR) is 54.9 cm³/mol. The summed E-state index contributed by atoms with van der Waals surface area (Å²) in [7, 11) is 1.62. The average molecular weight is 186 g/mol. The van der Waals surface area contributed by atoms with Gasteiger partial charge in [-0.3, -0.25) is 4.79 Å². The first kappa shape index (κ1) is 12.6. The molecular weight excluding hydrogens is 164 g/mol. The lowest BCUT2D eigenvalue weighted by atomic mass is 10.0. The van der Waals surface area contributed by atoms with E-state index in [1.165, 1.54) is 19.3 Å². The van der Waals surface area contributed by atoms with Crippen LogP contribution in [-0.2, 0) is 9.53 Å². The van der Waals surface area contributed by atoms with Gasteiger partial charge in [-0.2, -0.15) is 0 Å². The molecule has 0 N–H and O–H groups in total.